The number of hydrogen-bond donors (Lipinski definition) is 1. The zero-order valence-electron chi connectivity index (χ0n) is 14.4. The lowest BCUT2D eigenvalue weighted by atomic mass is 10.1. The maximum Gasteiger partial charge on any atom is 0.230 e. The van der Waals surface area contributed by atoms with Crippen LogP contribution in [0.5, 0.6) is 5.75 Å². The Bertz CT molecular complexity index is 822. The number of nitrogens with one attached hydrogen (secondary N) is 1. The molecule has 26 heavy (non-hydrogen) atoms. The molecule has 0 aromatic heterocycles. The molecule has 0 spiro atoms. The minimum absolute atomic E-state index is 0.0322. The quantitative estimate of drug-likeness (QED) is 0.591. The van der Waals surface area contributed by atoms with Gasteiger partial charge in [0.15, 0.2) is 0 Å². The average molecular weight is 363 g/mol. The summed E-state index contributed by atoms with van der Waals surface area (Å²) < 4.78 is 5.77. The summed E-state index contributed by atoms with van der Waals surface area (Å²) in [7, 11) is 0. The molecule has 3 aromatic rings. The van der Waals surface area contributed by atoms with E-state index in [0.29, 0.717) is 18.9 Å². The average Bonchev–Trinajstić information content (AvgIpc) is 2.71. The number of ether oxygens (including phenoxy) is 1. The van der Waals surface area contributed by atoms with Gasteiger partial charge in [-0.2, -0.15) is 0 Å². The molecule has 0 fully saturated rings. The summed E-state index contributed by atoms with van der Waals surface area (Å²) in [5, 5.41) is 2.97. The minimum Gasteiger partial charge on any atom is -0.489 e. The molecule has 1 N–H and O–H groups in total. The Morgan fingerprint density at radius 2 is 1.54 bits per heavy atom. The highest BCUT2D eigenvalue weighted by Crippen LogP contribution is 2.16. The van der Waals surface area contributed by atoms with Crippen molar-refractivity contribution in [2.24, 2.45) is 0 Å². The van der Waals surface area contributed by atoms with Crippen LogP contribution in [0.3, 0.4) is 0 Å². The van der Waals surface area contributed by atoms with Crippen molar-refractivity contribution in [3.8, 4) is 5.75 Å². The molecule has 0 heterocycles. The van der Waals surface area contributed by atoms with Gasteiger partial charge in [-0.15, -0.1) is 11.8 Å². The minimum atomic E-state index is 0.0322. The number of benzene rings is 3. The molecule has 0 unspecified atom stereocenters. The number of rotatable bonds is 8. The number of thioether (sulfide) groups is 1. The highest BCUT2D eigenvalue weighted by Gasteiger charge is 2.04. The van der Waals surface area contributed by atoms with Gasteiger partial charge in [-0.05, 0) is 35.4 Å². The van der Waals surface area contributed by atoms with Gasteiger partial charge in [0.2, 0.25) is 5.91 Å². The molecule has 0 saturated carbocycles. The van der Waals surface area contributed by atoms with E-state index in [1.54, 1.807) is 11.8 Å². The molecular formula is C22H21NO2S. The lowest BCUT2D eigenvalue weighted by Gasteiger charge is -2.09. The maximum absolute atomic E-state index is 12.0. The zero-order valence-corrected chi connectivity index (χ0v) is 15.2. The van der Waals surface area contributed by atoms with Gasteiger partial charge in [0.25, 0.3) is 0 Å². The predicted octanol–water partition coefficient (Wildman–Crippen LogP) is 4.67. The van der Waals surface area contributed by atoms with Crippen molar-refractivity contribution in [2.75, 3.05) is 5.75 Å². The summed E-state index contributed by atoms with van der Waals surface area (Å²) in [5.41, 5.74) is 2.15. The van der Waals surface area contributed by atoms with E-state index in [0.717, 1.165) is 21.8 Å². The molecule has 0 bridgehead atoms. The third kappa shape index (κ3) is 5.97. The van der Waals surface area contributed by atoms with Crippen LogP contribution in [0.4, 0.5) is 0 Å². The van der Waals surface area contributed by atoms with E-state index in [4.69, 9.17) is 4.74 Å². The first kappa shape index (κ1) is 18.1. The smallest absolute Gasteiger partial charge is 0.230 e. The predicted molar refractivity (Wildman–Crippen MR) is 106 cm³/mol. The number of carbonyl (C=O) groups excluding carboxylic acids is 1. The molecule has 0 atom stereocenters. The Labute approximate surface area is 158 Å². The Balaban J connectivity index is 1.45. The Morgan fingerprint density at radius 1 is 0.846 bits per heavy atom. The fourth-order valence-electron chi connectivity index (χ4n) is 2.43. The topological polar surface area (TPSA) is 38.3 Å². The van der Waals surface area contributed by atoms with Gasteiger partial charge < -0.3 is 10.1 Å². The molecule has 3 aromatic carbocycles. The molecule has 0 radical (unpaired) electrons. The van der Waals surface area contributed by atoms with E-state index < -0.39 is 0 Å². The summed E-state index contributed by atoms with van der Waals surface area (Å²) in [5.74, 6) is 1.30. The largest absolute Gasteiger partial charge is 0.489 e. The van der Waals surface area contributed by atoms with Gasteiger partial charge in [-0.25, -0.2) is 0 Å². The first-order valence-electron chi connectivity index (χ1n) is 8.50. The van der Waals surface area contributed by atoms with Crippen LogP contribution in [0.1, 0.15) is 11.1 Å². The van der Waals surface area contributed by atoms with Gasteiger partial charge in [0.1, 0.15) is 12.4 Å². The summed E-state index contributed by atoms with van der Waals surface area (Å²) in [6.07, 6.45) is 0. The second kappa shape index (κ2) is 9.68. The summed E-state index contributed by atoms with van der Waals surface area (Å²) in [6, 6.07) is 27.8. The molecule has 4 heteroatoms. The molecule has 3 rings (SSSR count). The third-order valence-corrected chi connectivity index (χ3v) is 4.75. The summed E-state index contributed by atoms with van der Waals surface area (Å²) in [6.45, 7) is 1.03. The number of carbonyl (C=O) groups is 1. The Kier molecular flexibility index (Phi) is 6.73. The van der Waals surface area contributed by atoms with Crippen molar-refractivity contribution in [1.29, 1.82) is 0 Å². The monoisotopic (exact) mass is 363 g/mol. The van der Waals surface area contributed by atoms with Crippen LogP contribution in [0, 0.1) is 0 Å². The van der Waals surface area contributed by atoms with Crippen molar-refractivity contribution in [1.82, 2.24) is 5.32 Å². The first-order valence-corrected chi connectivity index (χ1v) is 9.48. The van der Waals surface area contributed by atoms with E-state index in [1.807, 2.05) is 78.9 Å². The van der Waals surface area contributed by atoms with Crippen LogP contribution in [0.2, 0.25) is 0 Å². The number of amides is 1. The van der Waals surface area contributed by atoms with Crippen LogP contribution >= 0.6 is 11.8 Å². The molecule has 0 aliphatic carbocycles. The zero-order chi connectivity index (χ0) is 18.0. The second-order valence-corrected chi connectivity index (χ2v) is 6.85. The highest BCUT2D eigenvalue weighted by atomic mass is 32.2. The number of hydrogen-bond acceptors (Lipinski definition) is 3. The van der Waals surface area contributed by atoms with Crippen molar-refractivity contribution >= 4 is 17.7 Å². The Morgan fingerprint density at radius 3 is 2.31 bits per heavy atom. The van der Waals surface area contributed by atoms with Crippen molar-refractivity contribution in [3.05, 3.63) is 96.1 Å². The van der Waals surface area contributed by atoms with Gasteiger partial charge >= 0.3 is 0 Å². The van der Waals surface area contributed by atoms with Gasteiger partial charge in [-0.3, -0.25) is 4.79 Å². The molecule has 3 nitrogen and oxygen atoms in total. The van der Waals surface area contributed by atoms with Crippen molar-refractivity contribution < 1.29 is 9.53 Å². The summed E-state index contributed by atoms with van der Waals surface area (Å²) in [4.78, 5) is 13.1. The van der Waals surface area contributed by atoms with Crippen LogP contribution < -0.4 is 10.1 Å². The maximum atomic E-state index is 12.0. The molecular weight excluding hydrogens is 342 g/mol. The summed E-state index contributed by atoms with van der Waals surface area (Å²) >= 11 is 1.54. The molecule has 1 amide bonds. The highest BCUT2D eigenvalue weighted by molar-refractivity contribution is 8.00. The van der Waals surface area contributed by atoms with E-state index in [-0.39, 0.29) is 5.91 Å². The standard InChI is InChI=1S/C22H21NO2S/c24-22(17-26-21-12-5-2-6-13-21)23-15-18-8-7-9-19(14-18)16-25-20-10-3-1-4-11-20/h1-14H,15-17H2,(H,23,24). The van der Waals surface area contributed by atoms with Crippen LogP contribution in [-0.4, -0.2) is 11.7 Å². The lowest BCUT2D eigenvalue weighted by Crippen LogP contribution is -2.24. The lowest BCUT2D eigenvalue weighted by molar-refractivity contribution is -0.118. The molecule has 0 aliphatic heterocycles. The van der Waals surface area contributed by atoms with E-state index in [1.165, 1.54) is 0 Å². The van der Waals surface area contributed by atoms with Crippen LogP contribution in [-0.2, 0) is 17.9 Å². The van der Waals surface area contributed by atoms with Gasteiger partial charge in [0, 0.05) is 11.4 Å². The van der Waals surface area contributed by atoms with Crippen LogP contribution in [0.25, 0.3) is 0 Å². The van der Waals surface area contributed by atoms with Crippen molar-refractivity contribution in [2.45, 2.75) is 18.0 Å². The number of para-hydroxylation sites is 1. The Hall–Kier alpha value is -2.72. The fraction of sp³-hybridized carbons (Fsp3) is 0.136. The van der Waals surface area contributed by atoms with Crippen molar-refractivity contribution in [3.63, 3.8) is 0 Å². The first-order chi connectivity index (χ1) is 12.8. The van der Waals surface area contributed by atoms with E-state index in [2.05, 4.69) is 11.4 Å². The van der Waals surface area contributed by atoms with E-state index >= 15 is 0 Å². The van der Waals surface area contributed by atoms with Crippen LogP contribution in [0.15, 0.2) is 89.8 Å². The molecule has 0 saturated heterocycles. The third-order valence-electron chi connectivity index (χ3n) is 3.74. The van der Waals surface area contributed by atoms with E-state index in [9.17, 15) is 4.79 Å². The molecule has 132 valence electrons. The van der Waals surface area contributed by atoms with Gasteiger partial charge in [0.05, 0.1) is 5.75 Å². The molecule has 0 aliphatic rings. The normalized spacial score (nSPS) is 10.3. The second-order valence-electron chi connectivity index (χ2n) is 5.80. The SMILES string of the molecule is O=C(CSc1ccccc1)NCc1cccc(COc2ccccc2)c1. The fourth-order valence-corrected chi connectivity index (χ4v) is 3.18. The van der Waals surface area contributed by atoms with Gasteiger partial charge in [-0.1, -0.05) is 60.7 Å².